The molecule has 1 N–H and O–H groups in total. The summed E-state index contributed by atoms with van der Waals surface area (Å²) < 4.78 is 0. The van der Waals surface area contributed by atoms with Crippen molar-refractivity contribution in [2.45, 2.75) is 33.2 Å². The number of hydrogen-bond acceptors (Lipinski definition) is 2. The van der Waals surface area contributed by atoms with E-state index in [0.29, 0.717) is 11.5 Å². The number of nitrogens with zero attached hydrogens (tertiary/aromatic N) is 1. The van der Waals surface area contributed by atoms with Gasteiger partial charge in [-0.05, 0) is 29.9 Å². The second-order valence-corrected chi connectivity index (χ2v) is 4.80. The number of nitrogens with one attached hydrogen (secondary N) is 1. The van der Waals surface area contributed by atoms with Crippen molar-refractivity contribution < 1.29 is 0 Å². The molecule has 2 heteroatoms. The van der Waals surface area contributed by atoms with Crippen LogP contribution in [-0.2, 0) is 0 Å². The smallest absolute Gasteiger partial charge is 0.0373 e. The van der Waals surface area contributed by atoms with Gasteiger partial charge in [-0.15, -0.1) is 0 Å². The summed E-state index contributed by atoms with van der Waals surface area (Å²) in [5.41, 5.74) is 1.68. The highest BCUT2D eigenvalue weighted by molar-refractivity contribution is 5.44. The minimum atomic E-state index is 0.489. The van der Waals surface area contributed by atoms with E-state index in [2.05, 4.69) is 31.1 Å². The number of pyridine rings is 1. The Hall–Kier alpha value is -1.05. The Labute approximate surface area is 85.7 Å². The van der Waals surface area contributed by atoms with Gasteiger partial charge in [0.2, 0.25) is 0 Å². The molecule has 0 aliphatic heterocycles. The fourth-order valence-corrected chi connectivity index (χ4v) is 1.88. The Balaban J connectivity index is 1.97. The number of rotatable bonds is 3. The average molecular weight is 190 g/mol. The molecular formula is C12H18N2. The third-order valence-corrected chi connectivity index (χ3v) is 3.62. The van der Waals surface area contributed by atoms with Crippen LogP contribution >= 0.6 is 0 Å². The second kappa shape index (κ2) is 3.26. The molecule has 0 spiro atoms. The Morgan fingerprint density at radius 3 is 2.57 bits per heavy atom. The van der Waals surface area contributed by atoms with Gasteiger partial charge in [0.1, 0.15) is 0 Å². The van der Waals surface area contributed by atoms with Crippen molar-refractivity contribution in [2.24, 2.45) is 11.3 Å². The highest BCUT2D eigenvalue weighted by Crippen LogP contribution is 2.52. The molecule has 1 aliphatic rings. The lowest BCUT2D eigenvalue weighted by molar-refractivity contribution is 0.388. The molecule has 0 saturated heterocycles. The molecule has 1 aromatic heterocycles. The van der Waals surface area contributed by atoms with Gasteiger partial charge in [0.25, 0.3) is 0 Å². The molecule has 2 nitrogen and oxygen atoms in total. The van der Waals surface area contributed by atoms with E-state index in [9.17, 15) is 0 Å². The summed E-state index contributed by atoms with van der Waals surface area (Å²) in [5, 5.41) is 3.55. The summed E-state index contributed by atoms with van der Waals surface area (Å²) in [6.07, 6.45) is 4.95. The van der Waals surface area contributed by atoms with Crippen LogP contribution in [0.1, 0.15) is 27.2 Å². The first-order valence-corrected chi connectivity index (χ1v) is 5.29. The van der Waals surface area contributed by atoms with Crippen molar-refractivity contribution in [1.82, 2.24) is 4.98 Å². The van der Waals surface area contributed by atoms with Gasteiger partial charge in [0, 0.05) is 24.1 Å². The predicted molar refractivity (Wildman–Crippen MR) is 59.2 cm³/mol. The minimum absolute atomic E-state index is 0.489. The summed E-state index contributed by atoms with van der Waals surface area (Å²) >= 11 is 0. The fraction of sp³-hybridized carbons (Fsp3) is 0.583. The molecule has 1 fully saturated rings. The van der Waals surface area contributed by atoms with E-state index in [1.807, 2.05) is 24.5 Å². The summed E-state index contributed by atoms with van der Waals surface area (Å²) in [7, 11) is 0. The van der Waals surface area contributed by atoms with Crippen molar-refractivity contribution in [3.05, 3.63) is 24.5 Å². The Bertz CT molecular complexity index is 307. The highest BCUT2D eigenvalue weighted by atomic mass is 15.0. The van der Waals surface area contributed by atoms with Crippen molar-refractivity contribution >= 4 is 5.69 Å². The van der Waals surface area contributed by atoms with E-state index in [1.165, 1.54) is 12.1 Å². The van der Waals surface area contributed by atoms with Crippen LogP contribution in [0, 0.1) is 11.3 Å². The molecule has 1 saturated carbocycles. The fourth-order valence-electron chi connectivity index (χ4n) is 1.88. The Morgan fingerprint density at radius 2 is 2.07 bits per heavy atom. The van der Waals surface area contributed by atoms with Gasteiger partial charge in [-0.25, -0.2) is 0 Å². The quantitative estimate of drug-likeness (QED) is 0.792. The molecule has 0 radical (unpaired) electrons. The standard InChI is InChI=1S/C12H18N2/c1-9(2)12(3)8-11(12)14-10-4-6-13-7-5-10/h4-7,9,11H,8H2,1-3H3,(H,13,14). The van der Waals surface area contributed by atoms with Crippen LogP contribution < -0.4 is 5.32 Å². The third kappa shape index (κ3) is 1.61. The van der Waals surface area contributed by atoms with E-state index < -0.39 is 0 Å². The van der Waals surface area contributed by atoms with Gasteiger partial charge in [-0.3, -0.25) is 4.98 Å². The van der Waals surface area contributed by atoms with Crippen molar-refractivity contribution in [3.8, 4) is 0 Å². The zero-order valence-electron chi connectivity index (χ0n) is 9.12. The molecular weight excluding hydrogens is 172 g/mol. The zero-order valence-corrected chi connectivity index (χ0v) is 9.12. The maximum Gasteiger partial charge on any atom is 0.0373 e. The zero-order chi connectivity index (χ0) is 10.2. The molecule has 2 unspecified atom stereocenters. The molecule has 1 heterocycles. The van der Waals surface area contributed by atoms with Gasteiger partial charge in [-0.1, -0.05) is 20.8 Å². The molecule has 14 heavy (non-hydrogen) atoms. The van der Waals surface area contributed by atoms with Crippen molar-refractivity contribution in [1.29, 1.82) is 0 Å². The van der Waals surface area contributed by atoms with Gasteiger partial charge >= 0.3 is 0 Å². The molecule has 2 atom stereocenters. The van der Waals surface area contributed by atoms with Gasteiger partial charge in [0.05, 0.1) is 0 Å². The summed E-state index contributed by atoms with van der Waals surface area (Å²) in [4.78, 5) is 4.00. The van der Waals surface area contributed by atoms with Crippen molar-refractivity contribution in [3.63, 3.8) is 0 Å². The van der Waals surface area contributed by atoms with Crippen LogP contribution in [0.25, 0.3) is 0 Å². The molecule has 2 rings (SSSR count). The van der Waals surface area contributed by atoms with E-state index in [4.69, 9.17) is 0 Å². The summed E-state index contributed by atoms with van der Waals surface area (Å²) in [6, 6.07) is 4.70. The Kier molecular flexibility index (Phi) is 2.22. The van der Waals surface area contributed by atoms with E-state index in [1.54, 1.807) is 0 Å². The van der Waals surface area contributed by atoms with Crippen LogP contribution in [0.5, 0.6) is 0 Å². The lowest BCUT2D eigenvalue weighted by Crippen LogP contribution is -2.16. The molecule has 0 bridgehead atoms. The summed E-state index contributed by atoms with van der Waals surface area (Å²) in [6.45, 7) is 6.96. The highest BCUT2D eigenvalue weighted by Gasteiger charge is 2.51. The third-order valence-electron chi connectivity index (χ3n) is 3.62. The van der Waals surface area contributed by atoms with Crippen LogP contribution in [0.4, 0.5) is 5.69 Å². The van der Waals surface area contributed by atoms with Crippen LogP contribution in [-0.4, -0.2) is 11.0 Å². The summed E-state index contributed by atoms with van der Waals surface area (Å²) in [5.74, 6) is 0.752. The largest absolute Gasteiger partial charge is 0.382 e. The van der Waals surface area contributed by atoms with E-state index in [0.717, 1.165) is 5.92 Å². The van der Waals surface area contributed by atoms with Gasteiger partial charge in [0.15, 0.2) is 0 Å². The Morgan fingerprint density at radius 1 is 1.43 bits per heavy atom. The predicted octanol–water partition coefficient (Wildman–Crippen LogP) is 2.93. The molecule has 1 aliphatic carbocycles. The maximum atomic E-state index is 4.00. The lowest BCUT2D eigenvalue weighted by atomic mass is 9.94. The van der Waals surface area contributed by atoms with Crippen LogP contribution in [0.2, 0.25) is 0 Å². The number of anilines is 1. The van der Waals surface area contributed by atoms with Crippen molar-refractivity contribution in [2.75, 3.05) is 5.32 Å². The van der Waals surface area contributed by atoms with E-state index in [-0.39, 0.29) is 0 Å². The number of aromatic nitrogens is 1. The van der Waals surface area contributed by atoms with Gasteiger partial charge in [-0.2, -0.15) is 0 Å². The number of hydrogen-bond donors (Lipinski definition) is 1. The first-order chi connectivity index (χ1) is 6.63. The SMILES string of the molecule is CC(C)C1(C)CC1Nc1ccncc1. The first kappa shape index (κ1) is 9.50. The molecule has 0 aromatic carbocycles. The topological polar surface area (TPSA) is 24.9 Å². The van der Waals surface area contributed by atoms with E-state index >= 15 is 0 Å². The second-order valence-electron chi connectivity index (χ2n) is 4.80. The minimum Gasteiger partial charge on any atom is -0.382 e. The van der Waals surface area contributed by atoms with Gasteiger partial charge < -0.3 is 5.32 Å². The normalized spacial score (nSPS) is 30.4. The lowest BCUT2D eigenvalue weighted by Gasteiger charge is -2.16. The van der Waals surface area contributed by atoms with Crippen LogP contribution in [0.3, 0.4) is 0 Å². The van der Waals surface area contributed by atoms with Crippen LogP contribution in [0.15, 0.2) is 24.5 Å². The maximum absolute atomic E-state index is 4.00. The average Bonchev–Trinajstić information content (AvgIpc) is 2.80. The first-order valence-electron chi connectivity index (χ1n) is 5.29. The molecule has 0 amide bonds. The molecule has 76 valence electrons. The monoisotopic (exact) mass is 190 g/mol. The molecule has 1 aromatic rings.